The molecule has 2 aliphatic rings. The highest BCUT2D eigenvalue weighted by Gasteiger charge is 2.48. The number of carbonyl (C=O) groups excluding carboxylic acids is 1. The minimum absolute atomic E-state index is 0.147. The molecule has 0 radical (unpaired) electrons. The summed E-state index contributed by atoms with van der Waals surface area (Å²) in [5.41, 5.74) is 0.597. The smallest absolute Gasteiger partial charge is 0.326 e. The lowest BCUT2D eigenvalue weighted by molar-refractivity contribution is -0.153. The van der Waals surface area contributed by atoms with Gasteiger partial charge in [-0.3, -0.25) is 4.79 Å². The van der Waals surface area contributed by atoms with Crippen LogP contribution in [0.1, 0.15) is 37.7 Å². The monoisotopic (exact) mass is 323 g/mol. The number of hydrogen-bond acceptors (Lipinski definition) is 2. The van der Waals surface area contributed by atoms with E-state index in [9.17, 15) is 23.5 Å². The molecule has 1 saturated carbocycles. The zero-order valence-electron chi connectivity index (χ0n) is 12.8. The van der Waals surface area contributed by atoms with Gasteiger partial charge < -0.3 is 10.0 Å². The molecule has 2 fully saturated rings. The van der Waals surface area contributed by atoms with Gasteiger partial charge in [0.25, 0.3) is 0 Å². The molecule has 3 rings (SSSR count). The quantitative estimate of drug-likeness (QED) is 0.930. The van der Waals surface area contributed by atoms with E-state index in [0.29, 0.717) is 24.9 Å². The van der Waals surface area contributed by atoms with Crippen molar-refractivity contribution in [1.29, 1.82) is 0 Å². The highest BCUT2D eigenvalue weighted by atomic mass is 19.2. The highest BCUT2D eigenvalue weighted by molar-refractivity contribution is 5.88. The van der Waals surface area contributed by atoms with Crippen LogP contribution in [0.2, 0.25) is 0 Å². The molecule has 6 heteroatoms. The van der Waals surface area contributed by atoms with E-state index in [1.54, 1.807) is 0 Å². The van der Waals surface area contributed by atoms with Crippen LogP contribution in [0, 0.1) is 23.5 Å². The first-order chi connectivity index (χ1) is 10.9. The maximum absolute atomic E-state index is 13.3. The fourth-order valence-electron chi connectivity index (χ4n) is 3.43. The van der Waals surface area contributed by atoms with Gasteiger partial charge in [-0.25, -0.2) is 13.6 Å². The van der Waals surface area contributed by atoms with Gasteiger partial charge in [-0.2, -0.15) is 0 Å². The van der Waals surface area contributed by atoms with E-state index >= 15 is 0 Å². The van der Waals surface area contributed by atoms with Crippen LogP contribution in [-0.4, -0.2) is 34.5 Å². The molecule has 0 bridgehead atoms. The first kappa shape index (κ1) is 15.9. The number of nitrogens with zero attached hydrogens (tertiary/aromatic N) is 1. The summed E-state index contributed by atoms with van der Waals surface area (Å²) in [5.74, 6) is -3.18. The molecule has 0 aromatic heterocycles. The van der Waals surface area contributed by atoms with Gasteiger partial charge in [0.05, 0.1) is 0 Å². The van der Waals surface area contributed by atoms with E-state index in [1.165, 1.54) is 11.0 Å². The van der Waals surface area contributed by atoms with Crippen molar-refractivity contribution in [2.24, 2.45) is 11.8 Å². The molecule has 1 heterocycles. The van der Waals surface area contributed by atoms with Crippen molar-refractivity contribution < 1.29 is 23.5 Å². The molecule has 0 spiro atoms. The van der Waals surface area contributed by atoms with Crippen LogP contribution < -0.4 is 0 Å². The summed E-state index contributed by atoms with van der Waals surface area (Å²) in [5, 5.41) is 9.34. The van der Waals surface area contributed by atoms with Crippen LogP contribution in [0.5, 0.6) is 0 Å². The number of piperidine rings is 1. The number of rotatable bonds is 3. The number of likely N-dealkylation sites (tertiary alicyclic amines) is 1. The van der Waals surface area contributed by atoms with Crippen molar-refractivity contribution in [2.45, 2.75) is 38.1 Å². The van der Waals surface area contributed by atoms with Gasteiger partial charge in [0.1, 0.15) is 6.04 Å². The Hall–Kier alpha value is -1.98. The summed E-state index contributed by atoms with van der Waals surface area (Å²) < 4.78 is 26.3. The largest absolute Gasteiger partial charge is 0.480 e. The van der Waals surface area contributed by atoms with Gasteiger partial charge in [0.15, 0.2) is 11.6 Å². The summed E-state index contributed by atoms with van der Waals surface area (Å²) in [6.45, 7) is 2.43. The predicted molar refractivity (Wildman–Crippen MR) is 78.7 cm³/mol. The Morgan fingerprint density at radius 1 is 1.22 bits per heavy atom. The minimum Gasteiger partial charge on any atom is -0.480 e. The van der Waals surface area contributed by atoms with Gasteiger partial charge >= 0.3 is 5.97 Å². The molecule has 4 unspecified atom stereocenters. The third-order valence-corrected chi connectivity index (χ3v) is 4.91. The van der Waals surface area contributed by atoms with Crippen molar-refractivity contribution in [2.75, 3.05) is 6.54 Å². The number of benzene rings is 1. The molecule has 1 aliphatic heterocycles. The third kappa shape index (κ3) is 3.07. The average molecular weight is 323 g/mol. The molecule has 1 amide bonds. The van der Waals surface area contributed by atoms with Gasteiger partial charge in [0.2, 0.25) is 5.91 Å². The second-order valence-electron chi connectivity index (χ2n) is 6.64. The SMILES string of the molecule is CC1CCN(C(=O)C2CC2c2ccc(F)c(F)c2)C(C(=O)O)C1. The zero-order chi connectivity index (χ0) is 16.7. The second-order valence-corrected chi connectivity index (χ2v) is 6.64. The van der Waals surface area contributed by atoms with E-state index in [4.69, 9.17) is 0 Å². The average Bonchev–Trinajstić information content (AvgIpc) is 3.29. The van der Waals surface area contributed by atoms with E-state index < -0.39 is 23.6 Å². The molecule has 124 valence electrons. The number of carboxylic acid groups (broad SMARTS) is 1. The summed E-state index contributed by atoms with van der Waals surface area (Å²) in [6.07, 6.45) is 1.81. The number of hydrogen-bond donors (Lipinski definition) is 1. The summed E-state index contributed by atoms with van der Waals surface area (Å²) in [4.78, 5) is 25.5. The Balaban J connectivity index is 1.71. The van der Waals surface area contributed by atoms with Crippen molar-refractivity contribution in [3.05, 3.63) is 35.4 Å². The first-order valence-electron chi connectivity index (χ1n) is 7.86. The molecule has 1 aromatic rings. The molecule has 1 saturated heterocycles. The third-order valence-electron chi connectivity index (χ3n) is 4.91. The number of aliphatic carboxylic acids is 1. The Morgan fingerprint density at radius 2 is 1.96 bits per heavy atom. The maximum Gasteiger partial charge on any atom is 0.326 e. The van der Waals surface area contributed by atoms with Crippen molar-refractivity contribution in [3.8, 4) is 0 Å². The Kier molecular flexibility index (Phi) is 4.08. The molecular weight excluding hydrogens is 304 g/mol. The van der Waals surface area contributed by atoms with Crippen molar-refractivity contribution in [1.82, 2.24) is 4.90 Å². The maximum atomic E-state index is 13.3. The Bertz CT molecular complexity index is 649. The zero-order valence-corrected chi connectivity index (χ0v) is 12.8. The van der Waals surface area contributed by atoms with Crippen LogP contribution in [0.25, 0.3) is 0 Å². The van der Waals surface area contributed by atoms with Crippen LogP contribution >= 0.6 is 0 Å². The second kappa shape index (κ2) is 5.91. The first-order valence-corrected chi connectivity index (χ1v) is 7.86. The summed E-state index contributed by atoms with van der Waals surface area (Å²) in [7, 11) is 0. The van der Waals surface area contributed by atoms with Gasteiger partial charge in [-0.1, -0.05) is 13.0 Å². The molecular formula is C17H19F2NO3. The van der Waals surface area contributed by atoms with Gasteiger partial charge in [-0.15, -0.1) is 0 Å². The Morgan fingerprint density at radius 3 is 2.61 bits per heavy atom. The van der Waals surface area contributed by atoms with Crippen LogP contribution in [0.3, 0.4) is 0 Å². The normalized spacial score (nSPS) is 30.1. The van der Waals surface area contributed by atoms with Crippen LogP contribution in [0.4, 0.5) is 8.78 Å². The lowest BCUT2D eigenvalue weighted by Crippen LogP contribution is -2.50. The molecule has 1 N–H and O–H groups in total. The molecule has 4 atom stereocenters. The predicted octanol–water partition coefficient (Wildman–Crippen LogP) is 2.78. The molecule has 4 nitrogen and oxygen atoms in total. The fourth-order valence-corrected chi connectivity index (χ4v) is 3.43. The molecule has 1 aliphatic carbocycles. The van der Waals surface area contributed by atoms with E-state index in [1.807, 2.05) is 6.92 Å². The van der Waals surface area contributed by atoms with Crippen LogP contribution in [-0.2, 0) is 9.59 Å². The number of carboxylic acids is 1. The standard InChI is InChI=1S/C17H19F2NO3/c1-9-4-5-20(15(6-9)17(22)23)16(21)12-8-11(12)10-2-3-13(18)14(19)7-10/h2-3,7,9,11-12,15H,4-6,8H2,1H3,(H,22,23). The van der Waals surface area contributed by atoms with Crippen molar-refractivity contribution >= 4 is 11.9 Å². The van der Waals surface area contributed by atoms with Crippen molar-refractivity contribution in [3.63, 3.8) is 0 Å². The fraction of sp³-hybridized carbons (Fsp3) is 0.529. The van der Waals surface area contributed by atoms with Gasteiger partial charge in [-0.05, 0) is 48.8 Å². The van der Waals surface area contributed by atoms with E-state index in [0.717, 1.165) is 18.6 Å². The summed E-state index contributed by atoms with van der Waals surface area (Å²) in [6, 6.07) is 2.90. The number of amides is 1. The number of carbonyl (C=O) groups is 2. The van der Waals surface area contributed by atoms with E-state index in [2.05, 4.69) is 0 Å². The van der Waals surface area contributed by atoms with Crippen LogP contribution in [0.15, 0.2) is 18.2 Å². The summed E-state index contributed by atoms with van der Waals surface area (Å²) >= 11 is 0. The Labute approximate surface area is 133 Å². The minimum atomic E-state index is -0.977. The van der Waals surface area contributed by atoms with Gasteiger partial charge in [0, 0.05) is 12.5 Å². The topological polar surface area (TPSA) is 57.6 Å². The number of halogens is 2. The molecule has 23 heavy (non-hydrogen) atoms. The molecule has 1 aromatic carbocycles. The highest BCUT2D eigenvalue weighted by Crippen LogP contribution is 2.49. The lowest BCUT2D eigenvalue weighted by Gasteiger charge is -2.36. The lowest BCUT2D eigenvalue weighted by atomic mass is 9.92. The van der Waals surface area contributed by atoms with E-state index in [-0.39, 0.29) is 23.7 Å².